The molecule has 0 radical (unpaired) electrons. The van der Waals surface area contributed by atoms with E-state index in [1.54, 1.807) is 30.3 Å². The van der Waals surface area contributed by atoms with Gasteiger partial charge in [0.05, 0.1) is 15.0 Å². The average molecular weight is 547 g/mol. The summed E-state index contributed by atoms with van der Waals surface area (Å²) in [5.74, 6) is -0.409. The lowest BCUT2D eigenvalue weighted by atomic mass is 10.1. The highest BCUT2D eigenvalue weighted by molar-refractivity contribution is 9.10. The average Bonchev–Trinajstić information content (AvgIpc) is 2.77. The Morgan fingerprint density at radius 3 is 2.48 bits per heavy atom. The van der Waals surface area contributed by atoms with Gasteiger partial charge in [-0.15, -0.1) is 0 Å². The number of carbonyl (C=O) groups excluding carboxylic acids is 1. The number of nitro groups is 1. The number of benzene rings is 3. The van der Waals surface area contributed by atoms with Gasteiger partial charge in [0.25, 0.3) is 11.6 Å². The number of ether oxygens (including phenoxy) is 1. The van der Waals surface area contributed by atoms with Crippen LogP contribution in [0.5, 0.6) is 5.75 Å². The maximum absolute atomic E-state index is 12.5. The molecule has 0 heterocycles. The molecule has 0 aliphatic rings. The third-order valence-electron chi connectivity index (χ3n) is 4.28. The van der Waals surface area contributed by atoms with E-state index in [1.165, 1.54) is 30.3 Å². The van der Waals surface area contributed by atoms with E-state index in [4.69, 9.17) is 27.9 Å². The second kappa shape index (κ2) is 11.0. The van der Waals surface area contributed by atoms with Gasteiger partial charge in [0, 0.05) is 22.3 Å². The second-order valence-electron chi connectivity index (χ2n) is 6.66. The zero-order valence-electron chi connectivity index (χ0n) is 16.7. The fraction of sp³-hybridized carbons (Fsp3) is 0.0435. The van der Waals surface area contributed by atoms with Crippen LogP contribution in [0.3, 0.4) is 0 Å². The molecule has 0 aromatic heterocycles. The van der Waals surface area contributed by atoms with Crippen LogP contribution in [-0.4, -0.2) is 10.8 Å². The van der Waals surface area contributed by atoms with Gasteiger partial charge in [-0.3, -0.25) is 14.9 Å². The first-order valence-corrected chi connectivity index (χ1v) is 10.9. The fourth-order valence-corrected chi connectivity index (χ4v) is 3.81. The third kappa shape index (κ3) is 6.56. The number of rotatable bonds is 7. The van der Waals surface area contributed by atoms with Gasteiger partial charge in [-0.05, 0) is 47.5 Å². The van der Waals surface area contributed by atoms with Crippen LogP contribution < -0.4 is 10.1 Å². The number of non-ortho nitro benzene ring substituents is 1. The van der Waals surface area contributed by atoms with Crippen molar-refractivity contribution in [1.29, 1.82) is 5.26 Å². The molecule has 3 aromatic carbocycles. The monoisotopic (exact) mass is 545 g/mol. The molecule has 3 rings (SSSR count). The molecule has 166 valence electrons. The minimum absolute atomic E-state index is 0.00872. The maximum Gasteiger partial charge on any atom is 0.269 e. The Morgan fingerprint density at radius 1 is 1.15 bits per heavy atom. The fourth-order valence-electron chi connectivity index (χ4n) is 2.80. The first-order valence-electron chi connectivity index (χ1n) is 9.30. The van der Waals surface area contributed by atoms with Crippen molar-refractivity contribution in [2.24, 2.45) is 0 Å². The molecule has 10 heteroatoms. The lowest BCUT2D eigenvalue weighted by Crippen LogP contribution is -2.13. The summed E-state index contributed by atoms with van der Waals surface area (Å²) in [5.41, 5.74) is 1.31. The molecule has 3 aromatic rings. The van der Waals surface area contributed by atoms with Crippen molar-refractivity contribution >= 4 is 62.5 Å². The number of anilines is 1. The summed E-state index contributed by atoms with van der Waals surface area (Å²) in [6, 6.07) is 17.8. The molecule has 0 saturated carbocycles. The molecule has 0 atom stereocenters. The Labute approximate surface area is 207 Å². The molecular weight excluding hydrogens is 533 g/mol. The Morgan fingerprint density at radius 2 is 1.85 bits per heavy atom. The van der Waals surface area contributed by atoms with Crippen molar-refractivity contribution in [3.63, 3.8) is 0 Å². The molecule has 0 saturated heterocycles. The van der Waals surface area contributed by atoms with Crippen molar-refractivity contribution < 1.29 is 14.5 Å². The molecule has 0 bridgehead atoms. The van der Waals surface area contributed by atoms with E-state index in [0.717, 1.165) is 4.47 Å². The van der Waals surface area contributed by atoms with E-state index in [2.05, 4.69) is 21.2 Å². The highest BCUT2D eigenvalue weighted by Gasteiger charge is 2.14. The molecule has 0 aliphatic heterocycles. The van der Waals surface area contributed by atoms with Crippen LogP contribution in [0, 0.1) is 21.4 Å². The SMILES string of the molecule is N#C/C(=C/c1cc(Cl)c(OCc2cccc([N+](=O)[O-])c2)c(Cl)c1)C(=O)Nc1cccc(Br)c1. The van der Waals surface area contributed by atoms with Crippen molar-refractivity contribution in [1.82, 2.24) is 0 Å². The Hall–Kier alpha value is -3.38. The molecule has 0 fully saturated rings. The highest BCUT2D eigenvalue weighted by Crippen LogP contribution is 2.35. The summed E-state index contributed by atoms with van der Waals surface area (Å²) in [7, 11) is 0. The first-order chi connectivity index (χ1) is 15.8. The maximum atomic E-state index is 12.5. The summed E-state index contributed by atoms with van der Waals surface area (Å²) in [5, 5.41) is 23.3. The molecule has 0 aliphatic carbocycles. The standard InChI is InChI=1S/C23H14BrCl2N3O4/c24-17-4-2-5-18(11-17)28-23(30)16(12-27)7-15-9-20(25)22(21(26)10-15)33-13-14-3-1-6-19(8-14)29(31)32/h1-11H,13H2,(H,28,30)/b16-7-. The van der Waals surface area contributed by atoms with E-state index in [9.17, 15) is 20.2 Å². The van der Waals surface area contributed by atoms with Crippen molar-refractivity contribution in [3.05, 3.63) is 102 Å². The number of nitro benzene ring substituents is 1. The molecule has 7 nitrogen and oxygen atoms in total. The van der Waals surface area contributed by atoms with Gasteiger partial charge in [-0.2, -0.15) is 5.26 Å². The normalized spacial score (nSPS) is 10.9. The summed E-state index contributed by atoms with van der Waals surface area (Å²) in [6.07, 6.45) is 1.36. The van der Waals surface area contributed by atoms with Crippen molar-refractivity contribution in [2.75, 3.05) is 5.32 Å². The number of nitrogens with zero attached hydrogens (tertiary/aromatic N) is 2. The van der Waals surface area contributed by atoms with Crippen LogP contribution >= 0.6 is 39.1 Å². The molecular formula is C23H14BrCl2N3O4. The van der Waals surface area contributed by atoms with Crippen LogP contribution in [0.1, 0.15) is 11.1 Å². The van der Waals surface area contributed by atoms with E-state index < -0.39 is 10.8 Å². The second-order valence-corrected chi connectivity index (χ2v) is 8.39. The van der Waals surface area contributed by atoms with Crippen molar-refractivity contribution in [3.8, 4) is 11.8 Å². The molecule has 33 heavy (non-hydrogen) atoms. The molecule has 0 unspecified atom stereocenters. The first kappa shape index (κ1) is 24.3. The summed E-state index contributed by atoms with van der Waals surface area (Å²) >= 11 is 15.9. The Balaban J connectivity index is 1.77. The van der Waals surface area contributed by atoms with Crippen molar-refractivity contribution in [2.45, 2.75) is 6.61 Å². The van der Waals surface area contributed by atoms with Crippen LogP contribution in [-0.2, 0) is 11.4 Å². The highest BCUT2D eigenvalue weighted by atomic mass is 79.9. The zero-order valence-corrected chi connectivity index (χ0v) is 19.8. The number of halogens is 3. The van der Waals surface area contributed by atoms with E-state index in [-0.39, 0.29) is 33.7 Å². The lowest BCUT2D eigenvalue weighted by Gasteiger charge is -2.11. The summed E-state index contributed by atoms with van der Waals surface area (Å²) < 4.78 is 6.44. The Kier molecular flexibility index (Phi) is 8.06. The number of hydrogen-bond donors (Lipinski definition) is 1. The predicted molar refractivity (Wildman–Crippen MR) is 130 cm³/mol. The molecule has 1 N–H and O–H groups in total. The summed E-state index contributed by atoms with van der Waals surface area (Å²) in [6.45, 7) is 0.00872. The summed E-state index contributed by atoms with van der Waals surface area (Å²) in [4.78, 5) is 22.9. The number of carbonyl (C=O) groups is 1. The van der Waals surface area contributed by atoms with Gasteiger partial charge in [-0.25, -0.2) is 0 Å². The largest absolute Gasteiger partial charge is 0.486 e. The van der Waals surface area contributed by atoms with Crippen LogP contribution in [0.15, 0.2) is 70.7 Å². The zero-order chi connectivity index (χ0) is 24.0. The minimum Gasteiger partial charge on any atom is -0.486 e. The number of nitrogens with one attached hydrogen (secondary N) is 1. The van der Waals surface area contributed by atoms with Gasteiger partial charge in [0.1, 0.15) is 18.2 Å². The van der Waals surface area contributed by atoms with E-state index in [1.807, 2.05) is 12.1 Å². The molecule has 1 amide bonds. The number of amides is 1. The van der Waals surface area contributed by atoms with E-state index in [0.29, 0.717) is 16.8 Å². The topological polar surface area (TPSA) is 105 Å². The quantitative estimate of drug-likeness (QED) is 0.152. The van der Waals surface area contributed by atoms with Crippen LogP contribution in [0.25, 0.3) is 6.08 Å². The van der Waals surface area contributed by atoms with Gasteiger partial charge in [0.2, 0.25) is 0 Å². The third-order valence-corrected chi connectivity index (χ3v) is 5.34. The lowest BCUT2D eigenvalue weighted by molar-refractivity contribution is -0.384. The van der Waals surface area contributed by atoms with Gasteiger partial charge < -0.3 is 10.1 Å². The van der Waals surface area contributed by atoms with Gasteiger partial charge in [0.15, 0.2) is 5.75 Å². The predicted octanol–water partition coefficient (Wildman–Crippen LogP) is 6.79. The van der Waals surface area contributed by atoms with Gasteiger partial charge in [-0.1, -0.05) is 57.3 Å². The minimum atomic E-state index is -0.589. The molecule has 0 spiro atoms. The van der Waals surface area contributed by atoms with Crippen LogP contribution in [0.4, 0.5) is 11.4 Å². The number of hydrogen-bond acceptors (Lipinski definition) is 5. The smallest absolute Gasteiger partial charge is 0.269 e. The number of nitriles is 1. The Bertz CT molecular complexity index is 1280. The van der Waals surface area contributed by atoms with E-state index >= 15 is 0 Å². The van der Waals surface area contributed by atoms with Crippen LogP contribution in [0.2, 0.25) is 10.0 Å². The van der Waals surface area contributed by atoms with Gasteiger partial charge >= 0.3 is 0 Å².